The Hall–Kier alpha value is -2.47. The van der Waals surface area contributed by atoms with E-state index in [2.05, 4.69) is 20.9 Å². The lowest BCUT2D eigenvalue weighted by Crippen LogP contribution is -2.16. The first kappa shape index (κ1) is 19.8. The third-order valence-corrected chi connectivity index (χ3v) is 6.21. The number of carbonyl (C=O) groups excluding carboxylic acids is 1. The molecule has 3 aromatic carbocycles. The molecule has 0 unspecified atom stereocenters. The second-order valence-electron chi connectivity index (χ2n) is 6.48. The molecule has 1 amide bonds. The average molecular weight is 484 g/mol. The van der Waals surface area contributed by atoms with Gasteiger partial charge in [-0.25, -0.2) is 0 Å². The van der Waals surface area contributed by atoms with Gasteiger partial charge in [-0.3, -0.25) is 9.36 Å². The standard InChI is InChI=1S/C23H16BrClN2OS/c1-15-6-12-18(13-7-15)27-21(16-8-10-17(25)11-9-16)14-29-23(27)26-22(28)19-4-2-3-5-20(19)24/h2-14H,1H3. The number of aryl methyl sites for hydroxylation is 1. The number of rotatable bonds is 3. The molecule has 6 heteroatoms. The Morgan fingerprint density at radius 2 is 1.69 bits per heavy atom. The first-order valence-corrected chi connectivity index (χ1v) is 10.9. The fraction of sp³-hybridized carbons (Fsp3) is 0.0435. The second-order valence-corrected chi connectivity index (χ2v) is 8.61. The quantitative estimate of drug-likeness (QED) is 0.320. The molecule has 0 saturated heterocycles. The van der Waals surface area contributed by atoms with Crippen molar-refractivity contribution in [3.63, 3.8) is 0 Å². The average Bonchev–Trinajstić information content (AvgIpc) is 3.13. The molecule has 0 fully saturated rings. The van der Waals surface area contributed by atoms with Crippen LogP contribution in [0.3, 0.4) is 0 Å². The van der Waals surface area contributed by atoms with Crippen LogP contribution in [0, 0.1) is 6.92 Å². The first-order valence-electron chi connectivity index (χ1n) is 8.90. The molecule has 0 aliphatic carbocycles. The maximum atomic E-state index is 12.8. The van der Waals surface area contributed by atoms with Crippen molar-refractivity contribution in [2.45, 2.75) is 6.92 Å². The van der Waals surface area contributed by atoms with E-state index in [1.807, 2.05) is 83.6 Å². The largest absolute Gasteiger partial charge is 0.285 e. The van der Waals surface area contributed by atoms with E-state index >= 15 is 0 Å². The predicted molar refractivity (Wildman–Crippen MR) is 123 cm³/mol. The highest BCUT2D eigenvalue weighted by atomic mass is 79.9. The molecule has 0 saturated carbocycles. The molecule has 4 rings (SSSR count). The molecule has 3 nitrogen and oxygen atoms in total. The summed E-state index contributed by atoms with van der Waals surface area (Å²) in [6.45, 7) is 2.05. The van der Waals surface area contributed by atoms with E-state index in [9.17, 15) is 4.79 Å². The number of hydrogen-bond acceptors (Lipinski definition) is 2. The fourth-order valence-corrected chi connectivity index (χ4v) is 4.42. The van der Waals surface area contributed by atoms with Crippen LogP contribution in [-0.2, 0) is 0 Å². The van der Waals surface area contributed by atoms with Gasteiger partial charge >= 0.3 is 0 Å². The number of halogens is 2. The minimum Gasteiger partial charge on any atom is -0.285 e. The molecular formula is C23H16BrClN2OS. The Bertz CT molecular complexity index is 1240. The second kappa shape index (κ2) is 8.49. The summed E-state index contributed by atoms with van der Waals surface area (Å²) >= 11 is 10.9. The molecule has 0 radical (unpaired) electrons. The van der Waals surface area contributed by atoms with Gasteiger partial charge in [0, 0.05) is 20.6 Å². The van der Waals surface area contributed by atoms with Gasteiger partial charge in [0.25, 0.3) is 5.91 Å². The van der Waals surface area contributed by atoms with Crippen molar-refractivity contribution in [3.05, 3.63) is 104 Å². The van der Waals surface area contributed by atoms with Crippen LogP contribution in [0.5, 0.6) is 0 Å². The summed E-state index contributed by atoms with van der Waals surface area (Å²) in [6, 6.07) is 23.1. The van der Waals surface area contributed by atoms with Gasteiger partial charge in [0.1, 0.15) is 0 Å². The summed E-state index contributed by atoms with van der Waals surface area (Å²) in [5.41, 5.74) is 4.60. The van der Waals surface area contributed by atoms with Crippen LogP contribution in [0.2, 0.25) is 5.02 Å². The zero-order chi connectivity index (χ0) is 20.4. The van der Waals surface area contributed by atoms with Crippen LogP contribution in [0.25, 0.3) is 16.9 Å². The summed E-state index contributed by atoms with van der Waals surface area (Å²) in [7, 11) is 0. The molecule has 0 atom stereocenters. The zero-order valence-electron chi connectivity index (χ0n) is 15.5. The van der Waals surface area contributed by atoms with Crippen molar-refractivity contribution in [1.29, 1.82) is 0 Å². The van der Waals surface area contributed by atoms with Crippen LogP contribution in [0.15, 0.2) is 87.6 Å². The Kier molecular flexibility index (Phi) is 5.81. The van der Waals surface area contributed by atoms with Crippen molar-refractivity contribution in [2.75, 3.05) is 0 Å². The highest BCUT2D eigenvalue weighted by Gasteiger charge is 2.13. The van der Waals surface area contributed by atoms with Gasteiger partial charge < -0.3 is 0 Å². The van der Waals surface area contributed by atoms with Crippen LogP contribution >= 0.6 is 38.9 Å². The maximum Gasteiger partial charge on any atom is 0.280 e. The van der Waals surface area contributed by atoms with Crippen molar-refractivity contribution in [2.24, 2.45) is 4.99 Å². The predicted octanol–water partition coefficient (Wildman–Crippen LogP) is 6.67. The zero-order valence-corrected chi connectivity index (χ0v) is 18.6. The normalized spacial score (nSPS) is 11.6. The molecule has 0 bridgehead atoms. The van der Waals surface area contributed by atoms with Gasteiger partial charge in [-0.05, 0) is 64.8 Å². The lowest BCUT2D eigenvalue weighted by molar-refractivity contribution is 0.0997. The molecule has 0 spiro atoms. The molecule has 0 aliphatic heterocycles. The molecule has 1 aromatic heterocycles. The van der Waals surface area contributed by atoms with E-state index in [0.29, 0.717) is 15.4 Å². The van der Waals surface area contributed by atoms with Crippen molar-refractivity contribution >= 4 is 44.8 Å². The van der Waals surface area contributed by atoms with Crippen molar-refractivity contribution < 1.29 is 4.79 Å². The summed E-state index contributed by atoms with van der Waals surface area (Å²) in [6.07, 6.45) is 0. The Morgan fingerprint density at radius 3 is 2.38 bits per heavy atom. The van der Waals surface area contributed by atoms with Crippen LogP contribution < -0.4 is 4.80 Å². The van der Waals surface area contributed by atoms with Crippen LogP contribution in [0.4, 0.5) is 0 Å². The molecule has 0 N–H and O–H groups in total. The summed E-state index contributed by atoms with van der Waals surface area (Å²) in [5.74, 6) is -0.289. The Morgan fingerprint density at radius 1 is 1.00 bits per heavy atom. The molecule has 0 aliphatic rings. The van der Waals surface area contributed by atoms with Crippen molar-refractivity contribution in [3.8, 4) is 16.9 Å². The number of nitrogens with zero attached hydrogens (tertiary/aromatic N) is 2. The summed E-state index contributed by atoms with van der Waals surface area (Å²) < 4.78 is 2.73. The van der Waals surface area contributed by atoms with Gasteiger partial charge in [-0.1, -0.05) is 53.6 Å². The summed E-state index contributed by atoms with van der Waals surface area (Å²) in [5, 5.41) is 2.69. The lowest BCUT2D eigenvalue weighted by atomic mass is 10.1. The first-order chi connectivity index (χ1) is 14.0. The molecule has 144 valence electrons. The van der Waals surface area contributed by atoms with E-state index < -0.39 is 0 Å². The van der Waals surface area contributed by atoms with E-state index in [1.54, 1.807) is 6.07 Å². The SMILES string of the molecule is Cc1ccc(-n2c(-c3ccc(Cl)cc3)csc2=NC(=O)c2ccccc2Br)cc1. The fourth-order valence-electron chi connectivity index (χ4n) is 2.94. The highest BCUT2D eigenvalue weighted by Crippen LogP contribution is 2.25. The highest BCUT2D eigenvalue weighted by molar-refractivity contribution is 9.10. The van der Waals surface area contributed by atoms with Gasteiger partial charge in [-0.2, -0.15) is 4.99 Å². The van der Waals surface area contributed by atoms with E-state index in [-0.39, 0.29) is 5.91 Å². The van der Waals surface area contributed by atoms with Crippen LogP contribution in [0.1, 0.15) is 15.9 Å². The van der Waals surface area contributed by atoms with Crippen molar-refractivity contribution in [1.82, 2.24) is 4.57 Å². The third-order valence-electron chi connectivity index (χ3n) is 4.44. The number of thiazole rings is 1. The minimum atomic E-state index is -0.289. The molecule has 4 aromatic rings. The number of hydrogen-bond donors (Lipinski definition) is 0. The van der Waals surface area contributed by atoms with Crippen LogP contribution in [-0.4, -0.2) is 10.5 Å². The molecule has 1 heterocycles. The molecule has 29 heavy (non-hydrogen) atoms. The Labute approximate surface area is 186 Å². The third kappa shape index (κ3) is 4.27. The monoisotopic (exact) mass is 482 g/mol. The van der Waals surface area contributed by atoms with E-state index in [0.717, 1.165) is 21.4 Å². The number of benzene rings is 3. The minimum absolute atomic E-state index is 0.289. The maximum absolute atomic E-state index is 12.8. The van der Waals surface area contributed by atoms with Gasteiger partial charge in [0.15, 0.2) is 4.80 Å². The lowest BCUT2D eigenvalue weighted by Gasteiger charge is -2.10. The number of carbonyl (C=O) groups is 1. The number of amides is 1. The van der Waals surface area contributed by atoms with Gasteiger partial charge in [-0.15, -0.1) is 11.3 Å². The van der Waals surface area contributed by atoms with E-state index in [4.69, 9.17) is 11.6 Å². The number of aromatic nitrogens is 1. The van der Waals surface area contributed by atoms with Gasteiger partial charge in [0.05, 0.1) is 11.3 Å². The topological polar surface area (TPSA) is 34.4 Å². The van der Waals surface area contributed by atoms with E-state index in [1.165, 1.54) is 16.9 Å². The Balaban J connectivity index is 1.90. The smallest absolute Gasteiger partial charge is 0.280 e. The summed E-state index contributed by atoms with van der Waals surface area (Å²) in [4.78, 5) is 17.9. The molecular weight excluding hydrogens is 468 g/mol. The van der Waals surface area contributed by atoms with Gasteiger partial charge in [0.2, 0.25) is 0 Å².